The van der Waals surface area contributed by atoms with E-state index < -0.39 is 27.4 Å². The quantitative estimate of drug-likeness (QED) is 0.605. The van der Waals surface area contributed by atoms with Crippen LogP contribution in [0.3, 0.4) is 0 Å². The van der Waals surface area contributed by atoms with Crippen LogP contribution in [-0.4, -0.2) is 29.6 Å². The highest BCUT2D eigenvalue weighted by atomic mass is 35.5. The predicted molar refractivity (Wildman–Crippen MR) is 99.5 cm³/mol. The summed E-state index contributed by atoms with van der Waals surface area (Å²) in [6.45, 7) is 0. The molecule has 27 heavy (non-hydrogen) atoms. The summed E-state index contributed by atoms with van der Waals surface area (Å²) < 4.78 is 27.7. The number of sulfonamides is 1. The van der Waals surface area contributed by atoms with Crippen molar-refractivity contribution in [1.82, 2.24) is 14.9 Å². The van der Waals surface area contributed by atoms with E-state index in [4.69, 9.17) is 11.6 Å². The molecule has 1 aliphatic heterocycles. The molecule has 0 bridgehead atoms. The number of benzene rings is 2. The van der Waals surface area contributed by atoms with Gasteiger partial charge in [-0.25, -0.2) is 8.42 Å². The molecule has 1 aliphatic rings. The van der Waals surface area contributed by atoms with Crippen molar-refractivity contribution in [1.29, 1.82) is 0 Å². The van der Waals surface area contributed by atoms with Gasteiger partial charge < -0.3 is 10.4 Å². The van der Waals surface area contributed by atoms with Gasteiger partial charge in [-0.3, -0.25) is 9.52 Å². The molecule has 0 unspecified atom stereocenters. The number of nitrogens with zero attached hydrogens (tertiary/aromatic N) is 2. The van der Waals surface area contributed by atoms with Crippen LogP contribution in [0.1, 0.15) is 5.56 Å². The summed E-state index contributed by atoms with van der Waals surface area (Å²) in [7, 11) is -4.08. The molecule has 1 aromatic heterocycles. The van der Waals surface area contributed by atoms with Gasteiger partial charge in [0.05, 0.1) is 0 Å². The molecule has 10 heteroatoms. The lowest BCUT2D eigenvalue weighted by Crippen LogP contribution is -2.35. The topological polar surface area (TPSA) is 121 Å². The van der Waals surface area contributed by atoms with Crippen molar-refractivity contribution in [2.24, 2.45) is 0 Å². The minimum Gasteiger partial charge on any atom is -0.505 e. The van der Waals surface area contributed by atoms with Crippen molar-refractivity contribution in [2.75, 3.05) is 5.32 Å². The minimum absolute atomic E-state index is 0.0415. The van der Waals surface area contributed by atoms with Gasteiger partial charge in [-0.2, -0.15) is 0 Å². The monoisotopic (exact) mass is 402 g/mol. The number of nitrogens with one attached hydrogen (secondary N) is 2. The van der Waals surface area contributed by atoms with Crippen LogP contribution in [0.15, 0.2) is 59.1 Å². The molecule has 0 spiro atoms. The third-order valence-electron chi connectivity index (χ3n) is 3.98. The first kappa shape index (κ1) is 17.3. The Morgan fingerprint density at radius 2 is 1.85 bits per heavy atom. The molecule has 3 aromatic rings. The van der Waals surface area contributed by atoms with E-state index in [1.807, 2.05) is 0 Å². The van der Waals surface area contributed by atoms with Crippen LogP contribution in [0.25, 0.3) is 16.5 Å². The van der Waals surface area contributed by atoms with E-state index >= 15 is 0 Å². The molecule has 0 saturated heterocycles. The van der Waals surface area contributed by atoms with Crippen LogP contribution >= 0.6 is 11.6 Å². The third-order valence-corrected chi connectivity index (χ3v) is 5.63. The summed E-state index contributed by atoms with van der Waals surface area (Å²) in [4.78, 5) is 12.4. The second-order valence-electron chi connectivity index (χ2n) is 5.69. The number of amides is 1. The van der Waals surface area contributed by atoms with Gasteiger partial charge >= 0.3 is 0 Å². The van der Waals surface area contributed by atoms with Gasteiger partial charge in [0.2, 0.25) is 0 Å². The van der Waals surface area contributed by atoms with Crippen molar-refractivity contribution in [3.63, 3.8) is 0 Å². The molecule has 136 valence electrons. The molecule has 0 fully saturated rings. The van der Waals surface area contributed by atoms with Gasteiger partial charge in [0.1, 0.15) is 4.90 Å². The van der Waals surface area contributed by atoms with Crippen LogP contribution in [-0.2, 0) is 14.8 Å². The van der Waals surface area contributed by atoms with Crippen LogP contribution in [0.2, 0.25) is 5.15 Å². The van der Waals surface area contributed by atoms with Crippen LogP contribution in [0.4, 0.5) is 5.82 Å². The molecule has 0 atom stereocenters. The minimum atomic E-state index is -4.08. The van der Waals surface area contributed by atoms with Crippen LogP contribution in [0, 0.1) is 0 Å². The third kappa shape index (κ3) is 2.96. The maximum Gasteiger partial charge on any atom is 0.277 e. The Balaban J connectivity index is 1.82. The normalized spacial score (nSPS) is 15.1. The van der Waals surface area contributed by atoms with E-state index in [-0.39, 0.29) is 21.4 Å². The van der Waals surface area contributed by atoms with Crippen molar-refractivity contribution in [3.8, 4) is 0 Å². The summed E-state index contributed by atoms with van der Waals surface area (Å²) in [6.07, 6.45) is 0. The predicted octanol–water partition coefficient (Wildman–Crippen LogP) is 2.44. The van der Waals surface area contributed by atoms with E-state index in [0.29, 0.717) is 10.8 Å². The zero-order valence-corrected chi connectivity index (χ0v) is 15.0. The van der Waals surface area contributed by atoms with Gasteiger partial charge in [0.15, 0.2) is 22.4 Å². The number of halogens is 1. The first-order chi connectivity index (χ1) is 12.9. The smallest absolute Gasteiger partial charge is 0.277 e. The fourth-order valence-electron chi connectivity index (χ4n) is 2.80. The highest BCUT2D eigenvalue weighted by Crippen LogP contribution is 2.35. The van der Waals surface area contributed by atoms with Crippen molar-refractivity contribution < 1.29 is 18.3 Å². The molecule has 0 radical (unpaired) electrons. The number of carbonyl (C=O) groups is 1. The van der Waals surface area contributed by atoms with E-state index in [1.54, 1.807) is 30.3 Å². The Morgan fingerprint density at radius 1 is 1.07 bits per heavy atom. The van der Waals surface area contributed by atoms with Gasteiger partial charge in [-0.05, 0) is 23.6 Å². The Bertz CT molecular complexity index is 1220. The molecule has 2 heterocycles. The van der Waals surface area contributed by atoms with Gasteiger partial charge in [-0.1, -0.05) is 41.9 Å². The second-order valence-corrected chi connectivity index (χ2v) is 7.69. The van der Waals surface area contributed by atoms with E-state index in [9.17, 15) is 18.3 Å². The van der Waals surface area contributed by atoms with Gasteiger partial charge in [0.25, 0.3) is 15.9 Å². The lowest BCUT2D eigenvalue weighted by Gasteiger charge is -2.22. The average molecular weight is 403 g/mol. The van der Waals surface area contributed by atoms with Crippen molar-refractivity contribution >= 4 is 49.9 Å². The van der Waals surface area contributed by atoms with Crippen molar-refractivity contribution in [3.05, 3.63) is 64.9 Å². The highest BCUT2D eigenvalue weighted by molar-refractivity contribution is 7.90. The summed E-state index contributed by atoms with van der Waals surface area (Å²) in [5, 5.41) is 21.4. The molecular formula is C17H11ClN4O4S. The van der Waals surface area contributed by atoms with Crippen LogP contribution in [0.5, 0.6) is 0 Å². The standard InChI is InChI=1S/C17H11ClN4O4S/c18-12-7-8-13(21-20-12)19-17(24)14-15(23)11-6-5-9-3-1-2-4-10(9)16(11)27(25,26)22-14/h1-8,22-23H,(H,19,21,24). The summed E-state index contributed by atoms with van der Waals surface area (Å²) >= 11 is 5.63. The Morgan fingerprint density at radius 3 is 2.59 bits per heavy atom. The molecule has 2 aromatic carbocycles. The number of aliphatic hydroxyl groups excluding tert-OH is 1. The van der Waals surface area contributed by atoms with Gasteiger partial charge in [0, 0.05) is 10.9 Å². The lowest BCUT2D eigenvalue weighted by molar-refractivity contribution is -0.113. The SMILES string of the molecule is O=C(Nc1ccc(Cl)nn1)C1=C(O)c2ccc3ccccc3c2S(=O)(=O)N1. The highest BCUT2D eigenvalue weighted by Gasteiger charge is 2.34. The fraction of sp³-hybridized carbons (Fsp3) is 0. The average Bonchev–Trinajstić information content (AvgIpc) is 2.65. The number of carbonyl (C=O) groups excluding carboxylic acids is 1. The lowest BCUT2D eigenvalue weighted by atomic mass is 10.0. The second kappa shape index (κ2) is 6.22. The zero-order valence-electron chi connectivity index (χ0n) is 13.5. The maximum absolute atomic E-state index is 12.8. The zero-order chi connectivity index (χ0) is 19.2. The maximum atomic E-state index is 12.8. The fourth-order valence-corrected chi connectivity index (χ4v) is 4.39. The molecule has 3 N–H and O–H groups in total. The number of fused-ring (bicyclic) bond motifs is 3. The number of aromatic nitrogens is 2. The Kier molecular flexibility index (Phi) is 3.97. The van der Waals surface area contributed by atoms with E-state index in [0.717, 1.165) is 0 Å². The van der Waals surface area contributed by atoms with E-state index in [1.165, 1.54) is 18.2 Å². The molecular weight excluding hydrogens is 392 g/mol. The Hall–Kier alpha value is -3.17. The molecule has 0 aliphatic carbocycles. The van der Waals surface area contributed by atoms with Crippen LogP contribution < -0.4 is 10.0 Å². The molecule has 8 nitrogen and oxygen atoms in total. The summed E-state index contributed by atoms with van der Waals surface area (Å²) in [5.41, 5.74) is -0.464. The number of rotatable bonds is 2. The van der Waals surface area contributed by atoms with Crippen molar-refractivity contribution in [2.45, 2.75) is 4.90 Å². The molecule has 1 amide bonds. The Labute approximate surface area is 158 Å². The number of hydrogen-bond acceptors (Lipinski definition) is 6. The van der Waals surface area contributed by atoms with E-state index in [2.05, 4.69) is 20.2 Å². The number of hydrogen-bond donors (Lipinski definition) is 3. The first-order valence-corrected chi connectivity index (χ1v) is 9.52. The molecule has 0 saturated carbocycles. The summed E-state index contributed by atoms with van der Waals surface area (Å²) in [6, 6.07) is 12.8. The molecule has 4 rings (SSSR count). The number of anilines is 1. The van der Waals surface area contributed by atoms with Gasteiger partial charge in [-0.15, -0.1) is 10.2 Å². The number of aliphatic hydroxyl groups is 1. The first-order valence-electron chi connectivity index (χ1n) is 7.65. The summed E-state index contributed by atoms with van der Waals surface area (Å²) in [5.74, 6) is -1.32. The largest absolute Gasteiger partial charge is 0.505 e.